The number of H-pyrrole nitrogens is 1. The minimum absolute atomic E-state index is 0.329. The first-order chi connectivity index (χ1) is 12.9. The second kappa shape index (κ2) is 7.50. The quantitative estimate of drug-likeness (QED) is 0.691. The number of amides is 1. The van der Waals surface area contributed by atoms with Gasteiger partial charge in [-0.3, -0.25) is 9.59 Å². The largest absolute Gasteiger partial charge is 0.495 e. The van der Waals surface area contributed by atoms with Crippen molar-refractivity contribution in [1.82, 2.24) is 20.0 Å². The average molecular weight is 390 g/mol. The van der Waals surface area contributed by atoms with E-state index < -0.39 is 5.91 Å². The van der Waals surface area contributed by atoms with Gasteiger partial charge < -0.3 is 14.8 Å². The second-order valence-corrected chi connectivity index (χ2v) is 5.88. The molecular formula is C17H16ClN5O4. The van der Waals surface area contributed by atoms with Crippen molar-refractivity contribution in [3.63, 3.8) is 0 Å². The molecule has 0 fully saturated rings. The predicted molar refractivity (Wildman–Crippen MR) is 99.2 cm³/mol. The standard InChI is InChI=1S/C17H16ClN5O4/c1-9-10(8-19-23(9)15-4-5-16(24)22-21-15)17(25)20-12-6-11(18)13(26-2)7-14(12)27-3/h4-8H,1-3H3,(H,20,25)(H,22,24). The average Bonchev–Trinajstić information content (AvgIpc) is 3.04. The maximum atomic E-state index is 12.7. The summed E-state index contributed by atoms with van der Waals surface area (Å²) in [4.78, 5) is 23.8. The molecule has 1 aromatic carbocycles. The lowest BCUT2D eigenvalue weighted by Crippen LogP contribution is -2.15. The highest BCUT2D eigenvalue weighted by atomic mass is 35.5. The van der Waals surface area contributed by atoms with Crippen LogP contribution in [0.15, 0.2) is 35.3 Å². The van der Waals surface area contributed by atoms with Gasteiger partial charge in [0, 0.05) is 12.1 Å². The number of aromatic nitrogens is 4. The van der Waals surface area contributed by atoms with Crippen LogP contribution in [-0.4, -0.2) is 40.1 Å². The number of ether oxygens (including phenoxy) is 2. The first kappa shape index (κ1) is 18.5. The molecule has 0 unspecified atom stereocenters. The van der Waals surface area contributed by atoms with Crippen molar-refractivity contribution in [2.45, 2.75) is 6.92 Å². The number of nitrogens with one attached hydrogen (secondary N) is 2. The minimum Gasteiger partial charge on any atom is -0.495 e. The number of aromatic amines is 1. The van der Waals surface area contributed by atoms with Crippen molar-refractivity contribution in [2.75, 3.05) is 19.5 Å². The number of benzene rings is 1. The van der Waals surface area contributed by atoms with Crippen molar-refractivity contribution in [1.29, 1.82) is 0 Å². The Bertz CT molecular complexity index is 1040. The number of halogens is 1. The summed E-state index contributed by atoms with van der Waals surface area (Å²) in [7, 11) is 2.96. The molecule has 0 spiro atoms. The van der Waals surface area contributed by atoms with Gasteiger partial charge in [0.1, 0.15) is 11.5 Å². The highest BCUT2D eigenvalue weighted by Gasteiger charge is 2.18. The van der Waals surface area contributed by atoms with Crippen molar-refractivity contribution in [3.8, 4) is 17.3 Å². The van der Waals surface area contributed by atoms with Crippen LogP contribution in [0.25, 0.3) is 5.82 Å². The number of hydrogen-bond acceptors (Lipinski definition) is 6. The maximum Gasteiger partial charge on any atom is 0.264 e. The lowest BCUT2D eigenvalue weighted by Gasteiger charge is -2.13. The van der Waals surface area contributed by atoms with Crippen LogP contribution in [0.3, 0.4) is 0 Å². The highest BCUT2D eigenvalue weighted by molar-refractivity contribution is 6.32. The third-order valence-electron chi connectivity index (χ3n) is 3.86. The lowest BCUT2D eigenvalue weighted by molar-refractivity contribution is 0.102. The van der Waals surface area contributed by atoms with E-state index in [2.05, 4.69) is 20.6 Å². The zero-order chi connectivity index (χ0) is 19.6. The van der Waals surface area contributed by atoms with E-state index in [-0.39, 0.29) is 5.56 Å². The highest BCUT2D eigenvalue weighted by Crippen LogP contribution is 2.36. The molecule has 10 heteroatoms. The molecule has 3 rings (SSSR count). The summed E-state index contributed by atoms with van der Waals surface area (Å²) in [5.41, 5.74) is 0.940. The summed E-state index contributed by atoms with van der Waals surface area (Å²) in [6, 6.07) is 5.96. The van der Waals surface area contributed by atoms with Gasteiger partial charge >= 0.3 is 0 Å². The van der Waals surface area contributed by atoms with Gasteiger partial charge in [-0.05, 0) is 19.1 Å². The summed E-state index contributed by atoms with van der Waals surface area (Å²) in [5.74, 6) is 0.815. The van der Waals surface area contributed by atoms with E-state index in [1.807, 2.05) is 0 Å². The monoisotopic (exact) mass is 389 g/mol. The van der Waals surface area contributed by atoms with Crippen LogP contribution in [0.4, 0.5) is 5.69 Å². The molecular weight excluding hydrogens is 374 g/mol. The minimum atomic E-state index is -0.400. The normalized spacial score (nSPS) is 10.5. The summed E-state index contributed by atoms with van der Waals surface area (Å²) >= 11 is 6.13. The Labute approximate surface area is 158 Å². The van der Waals surface area contributed by atoms with Crippen LogP contribution >= 0.6 is 11.6 Å². The summed E-state index contributed by atoms with van der Waals surface area (Å²) in [6.07, 6.45) is 1.41. The molecule has 1 amide bonds. The Balaban J connectivity index is 1.91. The molecule has 9 nitrogen and oxygen atoms in total. The zero-order valence-electron chi connectivity index (χ0n) is 14.7. The molecule has 140 valence electrons. The second-order valence-electron chi connectivity index (χ2n) is 5.48. The lowest BCUT2D eigenvalue weighted by atomic mass is 10.2. The first-order valence-corrected chi connectivity index (χ1v) is 8.16. The number of nitrogens with zero attached hydrogens (tertiary/aromatic N) is 3. The molecule has 2 aromatic heterocycles. The summed E-state index contributed by atoms with van der Waals surface area (Å²) in [6.45, 7) is 1.72. The molecule has 27 heavy (non-hydrogen) atoms. The van der Waals surface area contributed by atoms with Gasteiger partial charge in [0.15, 0.2) is 5.82 Å². The van der Waals surface area contributed by atoms with Gasteiger partial charge in [0.2, 0.25) is 0 Å². The van der Waals surface area contributed by atoms with E-state index in [9.17, 15) is 9.59 Å². The van der Waals surface area contributed by atoms with Crippen molar-refractivity contribution in [3.05, 3.63) is 57.1 Å². The predicted octanol–water partition coefficient (Wildman–Crippen LogP) is 2.19. The Kier molecular flexibility index (Phi) is 5.13. The zero-order valence-corrected chi connectivity index (χ0v) is 15.5. The van der Waals surface area contributed by atoms with Crippen LogP contribution in [0, 0.1) is 6.92 Å². The van der Waals surface area contributed by atoms with Crippen molar-refractivity contribution >= 4 is 23.2 Å². The van der Waals surface area contributed by atoms with E-state index in [0.717, 1.165) is 0 Å². The summed E-state index contributed by atoms with van der Waals surface area (Å²) < 4.78 is 11.9. The molecule has 0 aliphatic rings. The number of carbonyl (C=O) groups excluding carboxylic acids is 1. The fourth-order valence-electron chi connectivity index (χ4n) is 2.47. The van der Waals surface area contributed by atoms with E-state index in [4.69, 9.17) is 21.1 Å². The van der Waals surface area contributed by atoms with Crippen molar-refractivity contribution < 1.29 is 14.3 Å². The fourth-order valence-corrected chi connectivity index (χ4v) is 2.71. The molecule has 0 aliphatic carbocycles. The van der Waals surface area contributed by atoms with Crippen LogP contribution in [0.1, 0.15) is 16.1 Å². The van der Waals surface area contributed by atoms with E-state index in [0.29, 0.717) is 39.3 Å². The smallest absolute Gasteiger partial charge is 0.264 e. The number of carbonyl (C=O) groups is 1. The fraction of sp³-hybridized carbons (Fsp3) is 0.176. The van der Waals surface area contributed by atoms with Crippen LogP contribution in [0.2, 0.25) is 5.02 Å². The summed E-state index contributed by atoms with van der Waals surface area (Å²) in [5, 5.41) is 13.5. The van der Waals surface area contributed by atoms with E-state index in [1.54, 1.807) is 19.1 Å². The number of anilines is 1. The van der Waals surface area contributed by atoms with Gasteiger partial charge in [-0.25, -0.2) is 9.78 Å². The molecule has 0 aliphatic heterocycles. The Morgan fingerprint density at radius 3 is 2.59 bits per heavy atom. The van der Waals surface area contributed by atoms with Crippen molar-refractivity contribution in [2.24, 2.45) is 0 Å². The topological polar surface area (TPSA) is 111 Å². The SMILES string of the molecule is COc1cc(OC)c(NC(=O)c2cnn(-c3ccc(=O)[nH]n3)c2C)cc1Cl. The molecule has 0 bridgehead atoms. The van der Waals surface area contributed by atoms with Gasteiger partial charge in [0.25, 0.3) is 11.5 Å². The van der Waals surface area contributed by atoms with E-state index >= 15 is 0 Å². The molecule has 3 aromatic rings. The number of rotatable bonds is 5. The maximum absolute atomic E-state index is 12.7. The first-order valence-electron chi connectivity index (χ1n) is 7.78. The molecule has 2 N–H and O–H groups in total. The molecule has 0 saturated heterocycles. The molecule has 0 saturated carbocycles. The Hall–Kier alpha value is -3.33. The Morgan fingerprint density at radius 1 is 1.22 bits per heavy atom. The molecule has 0 radical (unpaired) electrons. The number of hydrogen-bond donors (Lipinski definition) is 2. The van der Waals surface area contributed by atoms with Gasteiger partial charge in [-0.2, -0.15) is 10.2 Å². The van der Waals surface area contributed by atoms with Gasteiger partial charge in [-0.15, -0.1) is 0 Å². The van der Waals surface area contributed by atoms with Crippen LogP contribution in [0.5, 0.6) is 11.5 Å². The Morgan fingerprint density at radius 2 is 1.96 bits per heavy atom. The van der Waals surface area contributed by atoms with Crippen LogP contribution < -0.4 is 20.3 Å². The molecule has 0 atom stereocenters. The van der Waals surface area contributed by atoms with Gasteiger partial charge in [0.05, 0.1) is 42.4 Å². The van der Waals surface area contributed by atoms with Crippen LogP contribution in [-0.2, 0) is 0 Å². The third-order valence-corrected chi connectivity index (χ3v) is 4.15. The third kappa shape index (κ3) is 3.63. The number of methoxy groups -OCH3 is 2. The van der Waals surface area contributed by atoms with E-state index in [1.165, 1.54) is 37.2 Å². The molecule has 2 heterocycles. The van der Waals surface area contributed by atoms with Gasteiger partial charge in [-0.1, -0.05) is 11.6 Å².